The average Bonchev–Trinajstić information content (AvgIpc) is 3.02. The maximum atomic E-state index is 13.0. The molecule has 4 rings (SSSR count). The molecule has 0 unspecified atom stereocenters. The Balaban J connectivity index is 1.49. The van der Waals surface area contributed by atoms with E-state index in [1.807, 2.05) is 19.9 Å². The second-order valence-corrected chi connectivity index (χ2v) is 8.13. The summed E-state index contributed by atoms with van der Waals surface area (Å²) in [4.78, 5) is 39.2. The molecule has 0 saturated heterocycles. The number of methoxy groups -OCH3 is 1. The van der Waals surface area contributed by atoms with Crippen molar-refractivity contribution in [3.63, 3.8) is 0 Å². The summed E-state index contributed by atoms with van der Waals surface area (Å²) in [6.07, 6.45) is 0. The third-order valence-electron chi connectivity index (χ3n) is 5.13. The predicted molar refractivity (Wildman–Crippen MR) is 129 cm³/mol. The fourth-order valence-corrected chi connectivity index (χ4v) is 3.80. The molecule has 2 amide bonds. The predicted octanol–water partition coefficient (Wildman–Crippen LogP) is 4.97. The first-order valence-corrected chi connectivity index (χ1v) is 10.7. The molecule has 1 heterocycles. The summed E-state index contributed by atoms with van der Waals surface area (Å²) in [6, 6.07) is 18.4. The van der Waals surface area contributed by atoms with Crippen LogP contribution in [0.5, 0.6) is 11.5 Å². The maximum absolute atomic E-state index is 13.0. The van der Waals surface area contributed by atoms with E-state index in [1.165, 1.54) is 7.11 Å². The number of nitrogens with one attached hydrogen (secondary N) is 1. The van der Waals surface area contributed by atoms with Crippen LogP contribution in [0.3, 0.4) is 0 Å². The first kappa shape index (κ1) is 23.1. The fraction of sp³-hybridized carbons (Fsp3) is 0.115. The normalized spacial score (nSPS) is 13.4. The molecular weight excluding hydrogens is 456 g/mol. The Morgan fingerprint density at radius 3 is 2.18 bits per heavy atom. The Kier molecular flexibility index (Phi) is 6.38. The molecule has 0 aliphatic carbocycles. The highest BCUT2D eigenvalue weighted by atomic mass is 35.5. The van der Waals surface area contributed by atoms with Crippen LogP contribution in [0, 0.1) is 13.8 Å². The van der Waals surface area contributed by atoms with E-state index in [2.05, 4.69) is 5.32 Å². The van der Waals surface area contributed by atoms with Gasteiger partial charge in [-0.1, -0.05) is 23.7 Å². The number of anilines is 2. The molecule has 1 aliphatic heterocycles. The molecule has 0 radical (unpaired) electrons. The van der Waals surface area contributed by atoms with Crippen LogP contribution in [0.4, 0.5) is 11.4 Å². The zero-order valence-corrected chi connectivity index (χ0v) is 19.5. The number of nitrogens with zero attached hydrogens (tertiary/aromatic N) is 1. The molecule has 34 heavy (non-hydrogen) atoms. The summed E-state index contributed by atoms with van der Waals surface area (Å²) in [5.41, 5.74) is 3.05. The third-order valence-corrected chi connectivity index (χ3v) is 5.48. The van der Waals surface area contributed by atoms with E-state index >= 15 is 0 Å². The Morgan fingerprint density at radius 1 is 0.882 bits per heavy atom. The van der Waals surface area contributed by atoms with Gasteiger partial charge >= 0.3 is 5.97 Å². The molecule has 0 atom stereocenters. The highest BCUT2D eigenvalue weighted by Gasteiger charge is 2.39. The summed E-state index contributed by atoms with van der Waals surface area (Å²) in [7, 11) is 1.53. The van der Waals surface area contributed by atoms with Crippen LogP contribution in [0.2, 0.25) is 0 Å². The van der Waals surface area contributed by atoms with Gasteiger partial charge in [-0.05, 0) is 73.5 Å². The zero-order chi connectivity index (χ0) is 24.4. The summed E-state index contributed by atoms with van der Waals surface area (Å²) < 4.78 is 10.5. The molecule has 3 aromatic rings. The van der Waals surface area contributed by atoms with Gasteiger partial charge in [0.15, 0.2) is 0 Å². The molecule has 0 saturated carbocycles. The van der Waals surface area contributed by atoms with E-state index < -0.39 is 17.8 Å². The van der Waals surface area contributed by atoms with E-state index in [4.69, 9.17) is 21.1 Å². The highest BCUT2D eigenvalue weighted by Crippen LogP contribution is 2.31. The minimum Gasteiger partial charge on any atom is -0.497 e. The second-order valence-electron chi connectivity index (χ2n) is 7.75. The number of aryl methyl sites for hydroxylation is 2. The SMILES string of the molecule is COc1cccc(OC(=O)c2ccc(NC3=C(Cl)C(=O)N(c4cc(C)cc(C)c4)C3=O)cc2)c1. The molecule has 1 N–H and O–H groups in total. The van der Waals surface area contributed by atoms with Crippen molar-refractivity contribution in [2.75, 3.05) is 17.3 Å². The lowest BCUT2D eigenvalue weighted by Gasteiger charge is -2.16. The van der Waals surface area contributed by atoms with Gasteiger partial charge in [-0.2, -0.15) is 0 Å². The summed E-state index contributed by atoms with van der Waals surface area (Å²) in [6.45, 7) is 3.77. The monoisotopic (exact) mass is 476 g/mol. The van der Waals surface area contributed by atoms with Crippen molar-refractivity contribution in [2.24, 2.45) is 0 Å². The standard InChI is InChI=1S/C26H21ClN2O5/c1-15-11-16(2)13-19(12-15)29-24(30)22(27)23(25(29)31)28-18-9-7-17(8-10-18)26(32)34-21-6-4-5-20(14-21)33-3/h4-14,28H,1-3H3. The van der Waals surface area contributed by atoms with Gasteiger partial charge in [-0.25, -0.2) is 9.69 Å². The van der Waals surface area contributed by atoms with Crippen molar-refractivity contribution in [1.82, 2.24) is 0 Å². The molecular formula is C26H21ClN2O5. The van der Waals surface area contributed by atoms with E-state index in [0.29, 0.717) is 28.4 Å². The highest BCUT2D eigenvalue weighted by molar-refractivity contribution is 6.53. The van der Waals surface area contributed by atoms with Crippen LogP contribution in [-0.4, -0.2) is 24.9 Å². The van der Waals surface area contributed by atoms with Gasteiger partial charge in [0.1, 0.15) is 22.2 Å². The van der Waals surface area contributed by atoms with Gasteiger partial charge in [-0.15, -0.1) is 0 Å². The lowest BCUT2D eigenvalue weighted by atomic mass is 10.1. The number of esters is 1. The van der Waals surface area contributed by atoms with Gasteiger partial charge in [-0.3, -0.25) is 9.59 Å². The largest absolute Gasteiger partial charge is 0.497 e. The quantitative estimate of drug-likeness (QED) is 0.307. The van der Waals surface area contributed by atoms with Gasteiger partial charge in [0.2, 0.25) is 0 Å². The summed E-state index contributed by atoms with van der Waals surface area (Å²) >= 11 is 6.22. The van der Waals surface area contributed by atoms with E-state index in [-0.39, 0.29) is 10.7 Å². The van der Waals surface area contributed by atoms with Crippen molar-refractivity contribution in [2.45, 2.75) is 13.8 Å². The number of benzene rings is 3. The first-order valence-electron chi connectivity index (χ1n) is 10.4. The smallest absolute Gasteiger partial charge is 0.343 e. The number of amides is 2. The van der Waals surface area contributed by atoms with Crippen molar-refractivity contribution in [3.05, 3.63) is 94.1 Å². The van der Waals surface area contributed by atoms with Gasteiger partial charge < -0.3 is 14.8 Å². The summed E-state index contributed by atoms with van der Waals surface area (Å²) in [5, 5.41) is 2.69. The van der Waals surface area contributed by atoms with Gasteiger partial charge in [0.25, 0.3) is 11.8 Å². The van der Waals surface area contributed by atoms with Crippen molar-refractivity contribution < 1.29 is 23.9 Å². The molecule has 0 fully saturated rings. The fourth-order valence-electron chi connectivity index (χ4n) is 3.59. The lowest BCUT2D eigenvalue weighted by Crippen LogP contribution is -2.32. The van der Waals surface area contributed by atoms with Crippen molar-refractivity contribution in [3.8, 4) is 11.5 Å². The van der Waals surface area contributed by atoms with Crippen LogP contribution in [0.25, 0.3) is 0 Å². The number of hydrogen-bond donors (Lipinski definition) is 1. The molecule has 0 spiro atoms. The second kappa shape index (κ2) is 9.41. The van der Waals surface area contributed by atoms with E-state index in [1.54, 1.807) is 60.7 Å². The Bertz CT molecular complexity index is 1310. The van der Waals surface area contributed by atoms with Gasteiger partial charge in [0.05, 0.1) is 18.4 Å². The number of ether oxygens (including phenoxy) is 2. The Labute approximate surface area is 201 Å². The number of imide groups is 1. The van der Waals surface area contributed by atoms with Crippen LogP contribution in [0.15, 0.2) is 77.5 Å². The van der Waals surface area contributed by atoms with Crippen LogP contribution < -0.4 is 19.7 Å². The number of rotatable bonds is 6. The zero-order valence-electron chi connectivity index (χ0n) is 18.7. The third kappa shape index (κ3) is 4.65. The Hall–Kier alpha value is -4.10. The summed E-state index contributed by atoms with van der Waals surface area (Å²) in [5.74, 6) is -0.782. The molecule has 1 aliphatic rings. The maximum Gasteiger partial charge on any atom is 0.343 e. The molecule has 8 heteroatoms. The Morgan fingerprint density at radius 2 is 1.53 bits per heavy atom. The average molecular weight is 477 g/mol. The van der Waals surface area contributed by atoms with Crippen molar-refractivity contribution in [1.29, 1.82) is 0 Å². The number of hydrogen-bond acceptors (Lipinski definition) is 6. The molecule has 172 valence electrons. The molecule has 7 nitrogen and oxygen atoms in total. The van der Waals surface area contributed by atoms with Crippen LogP contribution in [-0.2, 0) is 9.59 Å². The number of carbonyl (C=O) groups is 3. The van der Waals surface area contributed by atoms with Crippen molar-refractivity contribution >= 4 is 40.8 Å². The van der Waals surface area contributed by atoms with E-state index in [9.17, 15) is 14.4 Å². The molecule has 3 aromatic carbocycles. The molecule has 0 bridgehead atoms. The van der Waals surface area contributed by atoms with Gasteiger partial charge in [0, 0.05) is 11.8 Å². The number of carbonyl (C=O) groups excluding carboxylic acids is 3. The van der Waals surface area contributed by atoms with Crippen LogP contribution >= 0.6 is 11.6 Å². The minimum atomic E-state index is -0.599. The number of halogens is 1. The topological polar surface area (TPSA) is 84.9 Å². The molecule has 0 aromatic heterocycles. The first-order chi connectivity index (χ1) is 16.3. The minimum absolute atomic E-state index is 0.0301. The lowest BCUT2D eigenvalue weighted by molar-refractivity contribution is -0.120. The van der Waals surface area contributed by atoms with Crippen LogP contribution in [0.1, 0.15) is 21.5 Å². The van der Waals surface area contributed by atoms with E-state index in [0.717, 1.165) is 16.0 Å².